The Morgan fingerprint density at radius 1 is 1.14 bits per heavy atom. The molecule has 0 heterocycles. The lowest BCUT2D eigenvalue weighted by molar-refractivity contribution is -0.139. The monoisotopic (exact) mass is 230 g/mol. The van der Waals surface area contributed by atoms with Crippen LogP contribution >= 0.6 is 0 Å². The van der Waals surface area contributed by atoms with Gasteiger partial charge in [0.1, 0.15) is 0 Å². The average molecular weight is 230 g/mol. The second-order valence-corrected chi connectivity index (χ2v) is 11.0. The van der Waals surface area contributed by atoms with Crippen LogP contribution in [-0.2, 0) is 0 Å². The van der Waals surface area contributed by atoms with Crippen LogP contribution in [-0.4, -0.2) is 25.5 Å². The maximum Gasteiger partial charge on any atom is 0.389 e. The van der Waals surface area contributed by atoms with Gasteiger partial charge in [-0.05, 0) is 13.3 Å². The Morgan fingerprint density at radius 2 is 1.43 bits per heavy atom. The summed E-state index contributed by atoms with van der Waals surface area (Å²) in [6, 6.07) is 0. The van der Waals surface area contributed by atoms with Gasteiger partial charge in [-0.1, -0.05) is 26.2 Å². The molecule has 0 fully saturated rings. The molecule has 1 N–H and O–H groups in total. The number of hydrogen-bond acceptors (Lipinski definition) is 1. The van der Waals surface area contributed by atoms with Gasteiger partial charge in [0.2, 0.25) is 0 Å². The molecule has 0 bridgehead atoms. The van der Waals surface area contributed by atoms with Crippen LogP contribution in [0, 0.1) is 0 Å². The maximum atomic E-state index is 11.3. The van der Waals surface area contributed by atoms with Gasteiger partial charge in [-0.25, -0.2) is 0 Å². The standard InChI is InChI=1S/C5H9F3O.C4H12Si/c1-4(9)2-3-5(6,7)8;1-5(2,3)4/h4,9H,2-3H2,1H3;1-4H3. The van der Waals surface area contributed by atoms with Crippen molar-refractivity contribution in [3.05, 3.63) is 0 Å². The van der Waals surface area contributed by atoms with Gasteiger partial charge in [-0.15, -0.1) is 0 Å². The Hall–Kier alpha value is -0.0331. The summed E-state index contributed by atoms with van der Waals surface area (Å²) < 4.78 is 33.9. The zero-order chi connectivity index (χ0) is 12.0. The third-order valence-corrected chi connectivity index (χ3v) is 0.846. The van der Waals surface area contributed by atoms with Crippen molar-refractivity contribution in [2.24, 2.45) is 0 Å². The molecule has 0 aliphatic carbocycles. The third kappa shape index (κ3) is 40.4. The molecular weight excluding hydrogens is 209 g/mol. The minimum Gasteiger partial charge on any atom is -0.393 e. The van der Waals surface area contributed by atoms with Crippen LogP contribution in [0.4, 0.5) is 13.2 Å². The quantitative estimate of drug-likeness (QED) is 0.718. The molecule has 0 amide bonds. The first-order valence-corrected chi connectivity index (χ1v) is 8.66. The fourth-order valence-electron chi connectivity index (χ4n) is 0.373. The van der Waals surface area contributed by atoms with Gasteiger partial charge in [0.05, 0.1) is 6.10 Å². The van der Waals surface area contributed by atoms with E-state index in [-0.39, 0.29) is 6.42 Å². The molecule has 0 saturated carbocycles. The van der Waals surface area contributed by atoms with Gasteiger partial charge < -0.3 is 5.11 Å². The summed E-state index contributed by atoms with van der Waals surface area (Å²) in [7, 11) is -0.611. The molecule has 5 heteroatoms. The van der Waals surface area contributed by atoms with E-state index in [0.29, 0.717) is 0 Å². The van der Waals surface area contributed by atoms with E-state index in [4.69, 9.17) is 5.11 Å². The first kappa shape index (κ1) is 16.4. The van der Waals surface area contributed by atoms with E-state index >= 15 is 0 Å². The summed E-state index contributed by atoms with van der Waals surface area (Å²) in [5.74, 6) is 0. The van der Waals surface area contributed by atoms with Crippen molar-refractivity contribution in [1.29, 1.82) is 0 Å². The van der Waals surface area contributed by atoms with Gasteiger partial charge in [0.25, 0.3) is 0 Å². The Kier molecular flexibility index (Phi) is 7.56. The highest BCUT2D eigenvalue weighted by molar-refractivity contribution is 6.74. The van der Waals surface area contributed by atoms with E-state index in [2.05, 4.69) is 26.2 Å². The van der Waals surface area contributed by atoms with Gasteiger partial charge in [0.15, 0.2) is 0 Å². The molecule has 1 atom stereocenters. The number of aliphatic hydroxyl groups excluding tert-OH is 1. The normalized spacial score (nSPS) is 14.4. The van der Waals surface area contributed by atoms with Gasteiger partial charge in [0, 0.05) is 14.5 Å². The maximum absolute atomic E-state index is 11.3. The van der Waals surface area contributed by atoms with Crippen LogP contribution in [0.1, 0.15) is 19.8 Å². The molecule has 0 aromatic rings. The predicted molar refractivity (Wildman–Crippen MR) is 56.2 cm³/mol. The number of halogens is 3. The number of alkyl halides is 3. The molecule has 0 aromatic carbocycles. The van der Waals surface area contributed by atoms with E-state index < -0.39 is 26.8 Å². The van der Waals surface area contributed by atoms with E-state index in [1.807, 2.05) is 0 Å². The first-order chi connectivity index (χ1) is 5.92. The fourth-order valence-corrected chi connectivity index (χ4v) is 0.373. The Labute approximate surface area is 85.3 Å². The molecule has 88 valence electrons. The van der Waals surface area contributed by atoms with E-state index in [0.717, 1.165) is 0 Å². The fraction of sp³-hybridized carbons (Fsp3) is 1.00. The van der Waals surface area contributed by atoms with Crippen molar-refractivity contribution in [1.82, 2.24) is 0 Å². The Morgan fingerprint density at radius 3 is 1.50 bits per heavy atom. The second kappa shape index (κ2) is 6.45. The second-order valence-electron chi connectivity index (χ2n) is 5.00. The largest absolute Gasteiger partial charge is 0.393 e. The van der Waals surface area contributed by atoms with Crippen LogP contribution < -0.4 is 0 Å². The van der Waals surface area contributed by atoms with E-state index in [9.17, 15) is 13.2 Å². The molecule has 1 nitrogen and oxygen atoms in total. The number of hydrogen-bond donors (Lipinski definition) is 1. The van der Waals surface area contributed by atoms with Crippen LogP contribution in [0.2, 0.25) is 26.2 Å². The summed E-state index contributed by atoms with van der Waals surface area (Å²) in [6.45, 7) is 10.6. The lowest BCUT2D eigenvalue weighted by Gasteiger charge is -2.06. The van der Waals surface area contributed by atoms with Crippen LogP contribution in [0.3, 0.4) is 0 Å². The summed E-state index contributed by atoms with van der Waals surface area (Å²) in [4.78, 5) is 0. The molecule has 1 unspecified atom stereocenters. The minimum atomic E-state index is -4.13. The van der Waals surface area contributed by atoms with E-state index in [1.54, 1.807) is 0 Å². The van der Waals surface area contributed by atoms with Gasteiger partial charge >= 0.3 is 6.18 Å². The third-order valence-electron chi connectivity index (χ3n) is 0.846. The molecule has 0 spiro atoms. The predicted octanol–water partition coefficient (Wildman–Crippen LogP) is 3.66. The number of aliphatic hydroxyl groups is 1. The van der Waals surface area contributed by atoms with Crippen LogP contribution in [0.5, 0.6) is 0 Å². The molecule has 0 rings (SSSR count). The van der Waals surface area contributed by atoms with Crippen molar-refractivity contribution in [3.8, 4) is 0 Å². The highest BCUT2D eigenvalue weighted by atomic mass is 28.3. The van der Waals surface area contributed by atoms with Crippen molar-refractivity contribution in [2.75, 3.05) is 0 Å². The minimum absolute atomic E-state index is 0.205. The van der Waals surface area contributed by atoms with Crippen molar-refractivity contribution in [3.63, 3.8) is 0 Å². The summed E-state index contributed by atoms with van der Waals surface area (Å²) in [5, 5.41) is 8.42. The highest BCUT2D eigenvalue weighted by Gasteiger charge is 2.26. The first-order valence-electron chi connectivity index (χ1n) is 4.66. The zero-order valence-corrected chi connectivity index (χ0v) is 10.6. The van der Waals surface area contributed by atoms with Crippen molar-refractivity contribution >= 4 is 8.07 Å². The smallest absolute Gasteiger partial charge is 0.389 e. The summed E-state index contributed by atoms with van der Waals surface area (Å²) in [6.07, 6.45) is -6.09. The van der Waals surface area contributed by atoms with Crippen molar-refractivity contribution < 1.29 is 18.3 Å². The van der Waals surface area contributed by atoms with E-state index in [1.165, 1.54) is 6.92 Å². The summed E-state index contributed by atoms with van der Waals surface area (Å²) in [5.41, 5.74) is 0. The number of rotatable bonds is 2. The average Bonchev–Trinajstić information content (AvgIpc) is 1.77. The Balaban J connectivity index is 0. The highest BCUT2D eigenvalue weighted by Crippen LogP contribution is 2.21. The zero-order valence-electron chi connectivity index (χ0n) is 9.57. The van der Waals surface area contributed by atoms with Gasteiger partial charge in [-0.3, -0.25) is 0 Å². The van der Waals surface area contributed by atoms with Gasteiger partial charge in [-0.2, -0.15) is 13.2 Å². The molecule has 0 aliphatic heterocycles. The van der Waals surface area contributed by atoms with Crippen LogP contribution in [0.15, 0.2) is 0 Å². The van der Waals surface area contributed by atoms with Crippen LogP contribution in [0.25, 0.3) is 0 Å². The molecule has 14 heavy (non-hydrogen) atoms. The SMILES string of the molecule is CC(O)CCC(F)(F)F.C[Si](C)(C)C. The Bertz CT molecular complexity index is 132. The lowest BCUT2D eigenvalue weighted by atomic mass is 10.2. The molecule has 0 aliphatic rings. The summed E-state index contributed by atoms with van der Waals surface area (Å²) >= 11 is 0. The topological polar surface area (TPSA) is 20.2 Å². The molecule has 0 aromatic heterocycles. The lowest BCUT2D eigenvalue weighted by Crippen LogP contribution is -2.11. The molecular formula is C9H21F3OSi. The molecule has 0 radical (unpaired) electrons. The van der Waals surface area contributed by atoms with Crippen molar-refractivity contribution in [2.45, 2.75) is 58.2 Å². The molecule has 0 saturated heterocycles.